The van der Waals surface area contributed by atoms with Crippen LogP contribution in [0.5, 0.6) is 0 Å². The summed E-state index contributed by atoms with van der Waals surface area (Å²) in [7, 11) is 0. The first kappa shape index (κ1) is 16.6. The third-order valence-corrected chi connectivity index (χ3v) is 3.35. The Morgan fingerprint density at radius 2 is 2.00 bits per heavy atom. The lowest BCUT2D eigenvalue weighted by atomic mass is 10.2. The second-order valence-electron chi connectivity index (χ2n) is 4.76. The molecule has 2 aromatic rings. The first-order valence-corrected chi connectivity index (χ1v) is 7.45. The van der Waals surface area contributed by atoms with Crippen molar-refractivity contribution in [2.75, 3.05) is 11.9 Å². The number of primary amides is 1. The van der Waals surface area contributed by atoms with Gasteiger partial charge < -0.3 is 21.4 Å². The van der Waals surface area contributed by atoms with Gasteiger partial charge in [0.2, 0.25) is 0 Å². The van der Waals surface area contributed by atoms with Crippen molar-refractivity contribution in [2.45, 2.75) is 12.8 Å². The molecule has 7 nitrogen and oxygen atoms in total. The number of carbonyl (C=O) groups excluding carboxylic acids is 2. The molecule has 0 aliphatic heterocycles. The van der Waals surface area contributed by atoms with Crippen molar-refractivity contribution in [3.8, 4) is 0 Å². The van der Waals surface area contributed by atoms with E-state index in [-0.39, 0.29) is 11.6 Å². The Hall–Kier alpha value is -2.74. The lowest BCUT2D eigenvalue weighted by Crippen LogP contribution is -2.29. The molecule has 120 valence electrons. The average Bonchev–Trinajstić information content (AvgIpc) is 3.01. The fourth-order valence-electron chi connectivity index (χ4n) is 1.92. The number of nitrogens with two attached hydrogens (primary N) is 1. The number of rotatable bonds is 7. The van der Waals surface area contributed by atoms with Crippen LogP contribution in [0.2, 0.25) is 0 Å². The van der Waals surface area contributed by atoms with E-state index in [0.717, 1.165) is 0 Å². The summed E-state index contributed by atoms with van der Waals surface area (Å²) in [5, 5.41) is 5.69. The van der Waals surface area contributed by atoms with Crippen LogP contribution < -0.4 is 16.4 Å². The number of nitrogens with one attached hydrogen (secondary N) is 3. The Bertz CT molecular complexity index is 699. The number of carbonyl (C=O) groups is 2. The Morgan fingerprint density at radius 3 is 2.70 bits per heavy atom. The number of H-pyrrole nitrogens is 1. The third-order valence-electron chi connectivity index (χ3n) is 3.05. The van der Waals surface area contributed by atoms with E-state index in [4.69, 9.17) is 18.0 Å². The Kier molecular flexibility index (Phi) is 5.81. The fourth-order valence-corrected chi connectivity index (χ4v) is 2.16. The summed E-state index contributed by atoms with van der Waals surface area (Å²) < 4.78 is 0. The van der Waals surface area contributed by atoms with Crippen molar-refractivity contribution in [2.24, 2.45) is 5.73 Å². The normalized spacial score (nSPS) is 10.1. The molecule has 0 bridgehead atoms. The van der Waals surface area contributed by atoms with E-state index in [1.54, 1.807) is 24.3 Å². The number of hydrogen-bond acceptors (Lipinski definition) is 5. The van der Waals surface area contributed by atoms with Crippen LogP contribution in [-0.4, -0.2) is 33.3 Å². The van der Waals surface area contributed by atoms with Crippen LogP contribution >= 0.6 is 12.2 Å². The molecule has 1 aromatic carbocycles. The molecule has 0 fully saturated rings. The number of amides is 2. The van der Waals surface area contributed by atoms with Crippen molar-refractivity contribution < 1.29 is 9.59 Å². The van der Waals surface area contributed by atoms with Crippen LogP contribution in [0.4, 0.5) is 5.82 Å². The van der Waals surface area contributed by atoms with Gasteiger partial charge in [-0.2, -0.15) is 0 Å². The molecular formula is C15H17N5O2S. The van der Waals surface area contributed by atoms with Gasteiger partial charge in [-0.15, -0.1) is 0 Å². The number of aromatic nitrogens is 2. The molecule has 8 heteroatoms. The van der Waals surface area contributed by atoms with Crippen LogP contribution in [0.1, 0.15) is 33.7 Å². The zero-order valence-corrected chi connectivity index (χ0v) is 13.2. The predicted molar refractivity (Wildman–Crippen MR) is 91.3 cm³/mol. The monoisotopic (exact) mass is 331 g/mol. The van der Waals surface area contributed by atoms with Gasteiger partial charge in [0.1, 0.15) is 5.69 Å². The minimum Gasteiger partial charge on any atom is -0.368 e. The summed E-state index contributed by atoms with van der Waals surface area (Å²) in [6.45, 7) is 0.548. The molecule has 0 aliphatic carbocycles. The van der Waals surface area contributed by atoms with E-state index < -0.39 is 5.91 Å². The van der Waals surface area contributed by atoms with Crippen LogP contribution in [0.25, 0.3) is 0 Å². The predicted octanol–water partition coefficient (Wildman–Crippen LogP) is 1.46. The van der Waals surface area contributed by atoms with Crippen LogP contribution in [0, 0.1) is 0 Å². The van der Waals surface area contributed by atoms with Crippen molar-refractivity contribution in [1.82, 2.24) is 15.3 Å². The van der Waals surface area contributed by atoms with Crippen LogP contribution in [0.15, 0.2) is 36.7 Å². The number of imidazole rings is 1. The van der Waals surface area contributed by atoms with Gasteiger partial charge >= 0.3 is 0 Å². The van der Waals surface area contributed by atoms with Crippen molar-refractivity contribution in [1.29, 1.82) is 0 Å². The Labute approximate surface area is 138 Å². The SMILES string of the molecule is NC(=O)c1[nH]cnc1NCCCC(=S)NC(=O)c1ccccc1. The maximum atomic E-state index is 11.9. The first-order valence-electron chi connectivity index (χ1n) is 7.04. The van der Waals surface area contributed by atoms with Gasteiger partial charge in [0.05, 0.1) is 11.3 Å². The molecule has 0 spiro atoms. The smallest absolute Gasteiger partial charge is 0.269 e. The fraction of sp³-hybridized carbons (Fsp3) is 0.200. The molecule has 0 unspecified atom stereocenters. The summed E-state index contributed by atoms with van der Waals surface area (Å²) in [6.07, 6.45) is 2.61. The lowest BCUT2D eigenvalue weighted by Gasteiger charge is -2.08. The highest BCUT2D eigenvalue weighted by Gasteiger charge is 2.10. The third kappa shape index (κ3) is 4.89. The molecule has 0 saturated heterocycles. The topological polar surface area (TPSA) is 113 Å². The summed E-state index contributed by atoms with van der Waals surface area (Å²) in [4.78, 5) is 30.1. The van der Waals surface area contributed by atoms with E-state index in [1.165, 1.54) is 6.33 Å². The molecule has 0 radical (unpaired) electrons. The van der Waals surface area contributed by atoms with Gasteiger partial charge in [0.15, 0.2) is 5.82 Å². The van der Waals surface area contributed by atoms with Crippen LogP contribution in [-0.2, 0) is 0 Å². The van der Waals surface area contributed by atoms with E-state index in [9.17, 15) is 9.59 Å². The summed E-state index contributed by atoms with van der Waals surface area (Å²) >= 11 is 5.16. The molecular weight excluding hydrogens is 314 g/mol. The van der Waals surface area contributed by atoms with Crippen molar-refractivity contribution in [3.63, 3.8) is 0 Å². The molecule has 0 atom stereocenters. The van der Waals surface area contributed by atoms with Gasteiger partial charge in [0, 0.05) is 12.1 Å². The summed E-state index contributed by atoms with van der Waals surface area (Å²) in [5.74, 6) is -0.376. The van der Waals surface area contributed by atoms with Gasteiger partial charge in [0.25, 0.3) is 11.8 Å². The minimum absolute atomic E-state index is 0.216. The summed E-state index contributed by atoms with van der Waals surface area (Å²) in [5.41, 5.74) is 6.01. The maximum absolute atomic E-state index is 11.9. The first-order chi connectivity index (χ1) is 11.1. The Balaban J connectivity index is 1.72. The van der Waals surface area contributed by atoms with Crippen molar-refractivity contribution in [3.05, 3.63) is 47.9 Å². The molecule has 1 heterocycles. The number of anilines is 1. The summed E-state index contributed by atoms with van der Waals surface area (Å²) in [6, 6.07) is 8.88. The molecule has 0 aliphatic rings. The largest absolute Gasteiger partial charge is 0.368 e. The number of hydrogen-bond donors (Lipinski definition) is 4. The number of nitrogens with zero attached hydrogens (tertiary/aromatic N) is 1. The Morgan fingerprint density at radius 1 is 1.26 bits per heavy atom. The molecule has 1 aromatic heterocycles. The van der Waals surface area contributed by atoms with E-state index in [1.807, 2.05) is 6.07 Å². The van der Waals surface area contributed by atoms with E-state index >= 15 is 0 Å². The van der Waals surface area contributed by atoms with E-state index in [2.05, 4.69) is 20.6 Å². The zero-order chi connectivity index (χ0) is 16.7. The average molecular weight is 331 g/mol. The highest BCUT2D eigenvalue weighted by Crippen LogP contribution is 2.08. The minimum atomic E-state index is -0.573. The molecule has 5 N–H and O–H groups in total. The number of aromatic amines is 1. The molecule has 2 rings (SSSR count). The quantitative estimate of drug-likeness (QED) is 0.453. The van der Waals surface area contributed by atoms with Gasteiger partial charge in [-0.3, -0.25) is 9.59 Å². The second-order valence-corrected chi connectivity index (χ2v) is 5.26. The van der Waals surface area contributed by atoms with Gasteiger partial charge in [-0.25, -0.2) is 4.98 Å². The standard InChI is InChI=1S/C15H17N5O2S/c16-13(21)12-14(19-9-18-12)17-8-4-7-11(23)20-15(22)10-5-2-1-3-6-10/h1-3,5-6,9,17H,4,7-8H2,(H2,16,21)(H,18,19)(H,20,22,23). The van der Waals surface area contributed by atoms with Gasteiger partial charge in [-0.05, 0) is 25.0 Å². The number of benzene rings is 1. The highest BCUT2D eigenvalue weighted by atomic mass is 32.1. The molecule has 23 heavy (non-hydrogen) atoms. The molecule has 2 amide bonds. The maximum Gasteiger partial charge on any atom is 0.269 e. The van der Waals surface area contributed by atoms with Gasteiger partial charge in [-0.1, -0.05) is 30.4 Å². The molecule has 0 saturated carbocycles. The lowest BCUT2D eigenvalue weighted by molar-refractivity contribution is 0.0974. The van der Waals surface area contributed by atoms with Crippen molar-refractivity contribution >= 4 is 34.8 Å². The van der Waals surface area contributed by atoms with Crippen LogP contribution in [0.3, 0.4) is 0 Å². The highest BCUT2D eigenvalue weighted by molar-refractivity contribution is 7.80. The number of thiocarbonyl (C=S) groups is 1. The van der Waals surface area contributed by atoms with E-state index in [0.29, 0.717) is 35.8 Å². The zero-order valence-electron chi connectivity index (χ0n) is 12.3. The second kappa shape index (κ2) is 8.04.